The summed E-state index contributed by atoms with van der Waals surface area (Å²) >= 11 is 0. The summed E-state index contributed by atoms with van der Waals surface area (Å²) in [5.74, 6) is 3.57. The van der Waals surface area contributed by atoms with Crippen LogP contribution in [-0.2, 0) is 0 Å². The molecule has 1 nitrogen and oxygen atoms in total. The highest BCUT2D eigenvalue weighted by Gasteiger charge is 2.22. The van der Waals surface area contributed by atoms with Gasteiger partial charge in [0, 0.05) is 0 Å². The van der Waals surface area contributed by atoms with Crippen LogP contribution in [0.25, 0.3) is 11.1 Å². The van der Waals surface area contributed by atoms with Crippen LogP contribution >= 0.6 is 0 Å². The molecule has 31 heavy (non-hydrogen) atoms. The second kappa shape index (κ2) is 12.9. The SMILES string of the molecule is CCCCCCCOc1ccc(-c2ccc(C3CCC(CCC(C)C)CC3)cc2)cc1. The van der Waals surface area contributed by atoms with Gasteiger partial charge in [0.15, 0.2) is 0 Å². The number of benzene rings is 2. The third kappa shape index (κ3) is 8.02. The van der Waals surface area contributed by atoms with Crippen molar-refractivity contribution in [3.8, 4) is 16.9 Å². The van der Waals surface area contributed by atoms with Crippen LogP contribution in [0.3, 0.4) is 0 Å². The van der Waals surface area contributed by atoms with Crippen molar-refractivity contribution in [1.82, 2.24) is 0 Å². The summed E-state index contributed by atoms with van der Waals surface area (Å²) in [6.07, 6.45) is 14.8. The van der Waals surface area contributed by atoms with E-state index in [2.05, 4.69) is 69.3 Å². The molecule has 1 fully saturated rings. The molecule has 0 radical (unpaired) electrons. The van der Waals surface area contributed by atoms with E-state index < -0.39 is 0 Å². The van der Waals surface area contributed by atoms with Crippen molar-refractivity contribution in [3.63, 3.8) is 0 Å². The van der Waals surface area contributed by atoms with Gasteiger partial charge >= 0.3 is 0 Å². The van der Waals surface area contributed by atoms with Gasteiger partial charge < -0.3 is 4.74 Å². The highest BCUT2D eigenvalue weighted by Crippen LogP contribution is 2.38. The molecule has 0 aromatic heterocycles. The standard InChI is InChI=1S/C30H44O/c1-4-5-6-7-8-23-31-30-21-19-29(20-22-30)28-17-15-27(16-18-28)26-13-11-25(12-14-26)10-9-24(2)3/h15-22,24-26H,4-14,23H2,1-3H3. The number of unbranched alkanes of at least 4 members (excludes halogenated alkanes) is 4. The Morgan fingerprint density at radius 2 is 1.39 bits per heavy atom. The van der Waals surface area contributed by atoms with E-state index in [4.69, 9.17) is 4.74 Å². The number of rotatable bonds is 12. The van der Waals surface area contributed by atoms with E-state index in [0.717, 1.165) is 36.5 Å². The van der Waals surface area contributed by atoms with E-state index in [1.165, 1.54) is 80.9 Å². The van der Waals surface area contributed by atoms with Crippen molar-refractivity contribution in [2.45, 2.75) is 97.3 Å². The predicted molar refractivity (Wildman–Crippen MR) is 135 cm³/mol. The van der Waals surface area contributed by atoms with Gasteiger partial charge in [0.25, 0.3) is 0 Å². The zero-order valence-electron chi connectivity index (χ0n) is 20.2. The molecule has 0 amide bonds. The second-order valence-electron chi connectivity index (χ2n) is 10.1. The Hall–Kier alpha value is -1.76. The molecule has 1 heteroatoms. The Balaban J connectivity index is 1.44. The van der Waals surface area contributed by atoms with Gasteiger partial charge in [0.2, 0.25) is 0 Å². The summed E-state index contributed by atoms with van der Waals surface area (Å²) in [6.45, 7) is 7.79. The molecule has 0 spiro atoms. The molecule has 0 atom stereocenters. The maximum absolute atomic E-state index is 5.91. The minimum absolute atomic E-state index is 0.762. The molecule has 0 aliphatic heterocycles. The van der Waals surface area contributed by atoms with Gasteiger partial charge in [-0.3, -0.25) is 0 Å². The molecule has 0 N–H and O–H groups in total. The fourth-order valence-electron chi connectivity index (χ4n) is 4.94. The molecule has 0 saturated heterocycles. The third-order valence-corrected chi connectivity index (χ3v) is 7.09. The lowest BCUT2D eigenvalue weighted by atomic mass is 9.76. The average Bonchev–Trinajstić information content (AvgIpc) is 2.81. The topological polar surface area (TPSA) is 9.23 Å². The van der Waals surface area contributed by atoms with Crippen LogP contribution in [0.15, 0.2) is 48.5 Å². The lowest BCUT2D eigenvalue weighted by Gasteiger charge is -2.29. The number of hydrogen-bond donors (Lipinski definition) is 0. The van der Waals surface area contributed by atoms with Crippen LogP contribution in [0.1, 0.15) is 103 Å². The zero-order chi connectivity index (χ0) is 21.9. The zero-order valence-corrected chi connectivity index (χ0v) is 20.2. The van der Waals surface area contributed by atoms with Gasteiger partial charge in [-0.2, -0.15) is 0 Å². The monoisotopic (exact) mass is 420 g/mol. The van der Waals surface area contributed by atoms with Crippen molar-refractivity contribution in [2.24, 2.45) is 11.8 Å². The van der Waals surface area contributed by atoms with Crippen LogP contribution in [0.4, 0.5) is 0 Å². The van der Waals surface area contributed by atoms with Crippen molar-refractivity contribution < 1.29 is 4.74 Å². The molecule has 0 unspecified atom stereocenters. The minimum atomic E-state index is 0.762. The fraction of sp³-hybridized carbons (Fsp3) is 0.600. The molecule has 2 aromatic carbocycles. The molecular weight excluding hydrogens is 376 g/mol. The highest BCUT2D eigenvalue weighted by atomic mass is 16.5. The molecule has 0 bridgehead atoms. The molecule has 0 heterocycles. The van der Waals surface area contributed by atoms with Crippen LogP contribution in [0, 0.1) is 11.8 Å². The first-order valence-corrected chi connectivity index (χ1v) is 13.0. The van der Waals surface area contributed by atoms with E-state index in [1.807, 2.05) is 0 Å². The summed E-state index contributed by atoms with van der Waals surface area (Å²) < 4.78 is 5.91. The van der Waals surface area contributed by atoms with E-state index >= 15 is 0 Å². The predicted octanol–water partition coefficient (Wildman–Crippen LogP) is 9.41. The van der Waals surface area contributed by atoms with E-state index in [0.29, 0.717) is 0 Å². The lowest BCUT2D eigenvalue weighted by molar-refractivity contribution is 0.293. The smallest absolute Gasteiger partial charge is 0.119 e. The van der Waals surface area contributed by atoms with Crippen LogP contribution in [-0.4, -0.2) is 6.61 Å². The van der Waals surface area contributed by atoms with Gasteiger partial charge in [-0.1, -0.05) is 95.7 Å². The largest absolute Gasteiger partial charge is 0.494 e. The average molecular weight is 421 g/mol. The minimum Gasteiger partial charge on any atom is -0.494 e. The number of ether oxygens (including phenoxy) is 1. The molecule has 2 aromatic rings. The van der Waals surface area contributed by atoms with Crippen LogP contribution < -0.4 is 4.74 Å². The highest BCUT2D eigenvalue weighted by molar-refractivity contribution is 5.64. The van der Waals surface area contributed by atoms with Crippen molar-refractivity contribution in [1.29, 1.82) is 0 Å². The maximum atomic E-state index is 5.91. The molecule has 1 saturated carbocycles. The summed E-state index contributed by atoms with van der Waals surface area (Å²) in [6, 6.07) is 18.0. The maximum Gasteiger partial charge on any atom is 0.119 e. The Morgan fingerprint density at radius 1 is 0.774 bits per heavy atom. The van der Waals surface area contributed by atoms with Gasteiger partial charge in [0.05, 0.1) is 6.61 Å². The Labute approximate surface area is 191 Å². The van der Waals surface area contributed by atoms with Crippen molar-refractivity contribution in [3.05, 3.63) is 54.1 Å². The lowest BCUT2D eigenvalue weighted by Crippen LogP contribution is -2.14. The Bertz CT molecular complexity index is 720. The van der Waals surface area contributed by atoms with E-state index in [1.54, 1.807) is 0 Å². The first kappa shape index (κ1) is 23.9. The van der Waals surface area contributed by atoms with Crippen LogP contribution in [0.2, 0.25) is 0 Å². The summed E-state index contributed by atoms with van der Waals surface area (Å²) in [7, 11) is 0. The molecular formula is C30H44O. The van der Waals surface area contributed by atoms with Crippen molar-refractivity contribution in [2.75, 3.05) is 6.61 Å². The molecule has 170 valence electrons. The molecule has 3 rings (SSSR count). The molecule has 1 aliphatic carbocycles. The Morgan fingerprint density at radius 3 is 2.00 bits per heavy atom. The third-order valence-electron chi connectivity index (χ3n) is 7.09. The summed E-state index contributed by atoms with van der Waals surface area (Å²) in [4.78, 5) is 0. The van der Waals surface area contributed by atoms with E-state index in [-0.39, 0.29) is 0 Å². The Kier molecular flexibility index (Phi) is 9.97. The number of hydrogen-bond acceptors (Lipinski definition) is 1. The fourth-order valence-corrected chi connectivity index (χ4v) is 4.94. The second-order valence-corrected chi connectivity index (χ2v) is 10.1. The normalized spacial score (nSPS) is 19.0. The summed E-state index contributed by atoms with van der Waals surface area (Å²) in [5.41, 5.74) is 4.12. The van der Waals surface area contributed by atoms with E-state index in [9.17, 15) is 0 Å². The van der Waals surface area contributed by atoms with Gasteiger partial charge in [-0.15, -0.1) is 0 Å². The first-order valence-electron chi connectivity index (χ1n) is 13.0. The van der Waals surface area contributed by atoms with Crippen molar-refractivity contribution >= 4 is 0 Å². The van der Waals surface area contributed by atoms with Crippen LogP contribution in [0.5, 0.6) is 5.75 Å². The quantitative estimate of drug-likeness (QED) is 0.311. The van der Waals surface area contributed by atoms with Gasteiger partial charge in [0.1, 0.15) is 5.75 Å². The van der Waals surface area contributed by atoms with Gasteiger partial charge in [-0.25, -0.2) is 0 Å². The van der Waals surface area contributed by atoms with Gasteiger partial charge in [-0.05, 0) is 78.7 Å². The summed E-state index contributed by atoms with van der Waals surface area (Å²) in [5, 5.41) is 0. The first-order chi connectivity index (χ1) is 15.2. The molecule has 1 aliphatic rings.